The third kappa shape index (κ3) is 1.81. The smallest absolute Gasteiger partial charge is 0.325 e. The molecule has 0 fully saturated rings. The van der Waals surface area contributed by atoms with E-state index >= 15 is 0 Å². The van der Waals surface area contributed by atoms with Crippen LogP contribution in [0.3, 0.4) is 0 Å². The van der Waals surface area contributed by atoms with Gasteiger partial charge in [-0.05, 0) is 24.6 Å². The number of ether oxygens (including phenoxy) is 2. The van der Waals surface area contributed by atoms with Crippen molar-refractivity contribution < 1.29 is 19.4 Å². The van der Waals surface area contributed by atoms with Crippen molar-refractivity contribution in [2.75, 3.05) is 13.2 Å². The van der Waals surface area contributed by atoms with Crippen molar-refractivity contribution in [1.29, 1.82) is 0 Å². The molecule has 0 amide bonds. The molecule has 16 heavy (non-hydrogen) atoms. The van der Waals surface area contributed by atoms with Crippen LogP contribution in [0.25, 0.3) is 0 Å². The Balaban J connectivity index is 2.51. The second-order valence-electron chi connectivity index (χ2n) is 3.69. The zero-order valence-electron chi connectivity index (χ0n) is 8.90. The molecule has 0 aromatic heterocycles. The van der Waals surface area contributed by atoms with Crippen molar-refractivity contribution in [2.24, 2.45) is 5.73 Å². The topological polar surface area (TPSA) is 81.8 Å². The van der Waals surface area contributed by atoms with Crippen molar-refractivity contribution in [2.45, 2.75) is 13.0 Å². The van der Waals surface area contributed by atoms with Crippen LogP contribution in [0.2, 0.25) is 0 Å². The van der Waals surface area contributed by atoms with Crippen molar-refractivity contribution in [3.8, 4) is 11.5 Å². The van der Waals surface area contributed by atoms with E-state index in [0.717, 1.165) is 5.56 Å². The molecule has 1 atom stereocenters. The largest absolute Gasteiger partial charge is 0.486 e. The van der Waals surface area contributed by atoms with Crippen molar-refractivity contribution >= 4 is 5.97 Å². The summed E-state index contributed by atoms with van der Waals surface area (Å²) < 4.78 is 10.8. The van der Waals surface area contributed by atoms with Crippen LogP contribution in [0.5, 0.6) is 11.5 Å². The quantitative estimate of drug-likeness (QED) is 0.776. The van der Waals surface area contributed by atoms with Crippen LogP contribution in [0, 0.1) is 6.92 Å². The van der Waals surface area contributed by atoms with Gasteiger partial charge in [-0.3, -0.25) is 4.79 Å². The van der Waals surface area contributed by atoms with E-state index < -0.39 is 12.0 Å². The van der Waals surface area contributed by atoms with Crippen LogP contribution in [0.15, 0.2) is 12.1 Å². The van der Waals surface area contributed by atoms with E-state index in [1.807, 2.05) is 13.0 Å². The summed E-state index contributed by atoms with van der Waals surface area (Å²) in [6, 6.07) is 2.44. The van der Waals surface area contributed by atoms with E-state index in [9.17, 15) is 4.79 Å². The number of benzene rings is 1. The van der Waals surface area contributed by atoms with Crippen LogP contribution in [0.1, 0.15) is 17.2 Å². The van der Waals surface area contributed by atoms with Gasteiger partial charge in [-0.2, -0.15) is 0 Å². The van der Waals surface area contributed by atoms with Gasteiger partial charge in [-0.1, -0.05) is 0 Å². The minimum absolute atomic E-state index is 0.412. The fourth-order valence-corrected chi connectivity index (χ4v) is 1.69. The molecule has 5 nitrogen and oxygen atoms in total. The molecule has 0 spiro atoms. The Morgan fingerprint density at radius 1 is 1.44 bits per heavy atom. The predicted molar refractivity (Wildman–Crippen MR) is 56.7 cm³/mol. The van der Waals surface area contributed by atoms with Crippen LogP contribution >= 0.6 is 0 Å². The Labute approximate surface area is 92.8 Å². The molecule has 1 aromatic carbocycles. The summed E-state index contributed by atoms with van der Waals surface area (Å²) >= 11 is 0. The maximum Gasteiger partial charge on any atom is 0.325 e. The van der Waals surface area contributed by atoms with E-state index in [0.29, 0.717) is 30.3 Å². The molecule has 3 N–H and O–H groups in total. The van der Waals surface area contributed by atoms with Crippen molar-refractivity contribution in [1.82, 2.24) is 0 Å². The number of aryl methyl sites for hydroxylation is 1. The summed E-state index contributed by atoms with van der Waals surface area (Å²) in [6.45, 7) is 2.74. The normalized spacial score (nSPS) is 15.6. The highest BCUT2D eigenvalue weighted by atomic mass is 16.6. The number of hydrogen-bond donors (Lipinski definition) is 2. The van der Waals surface area contributed by atoms with Crippen LogP contribution < -0.4 is 15.2 Å². The fourth-order valence-electron chi connectivity index (χ4n) is 1.69. The third-order valence-electron chi connectivity index (χ3n) is 2.42. The predicted octanol–water partition coefficient (Wildman–Crippen LogP) is 0.851. The Morgan fingerprint density at radius 2 is 2.12 bits per heavy atom. The second kappa shape index (κ2) is 4.02. The summed E-state index contributed by atoms with van der Waals surface area (Å²) in [5, 5.41) is 8.91. The molecule has 2 rings (SSSR count). The number of rotatable bonds is 2. The molecule has 1 heterocycles. The minimum Gasteiger partial charge on any atom is -0.486 e. The maximum absolute atomic E-state index is 10.9. The summed E-state index contributed by atoms with van der Waals surface area (Å²) in [5.41, 5.74) is 6.96. The Morgan fingerprint density at radius 3 is 2.81 bits per heavy atom. The fraction of sp³-hybridized carbons (Fsp3) is 0.364. The Bertz CT molecular complexity index is 430. The number of fused-ring (bicyclic) bond motifs is 1. The first-order valence-electron chi connectivity index (χ1n) is 4.98. The number of carbonyl (C=O) groups is 1. The van der Waals surface area contributed by atoms with Crippen LogP contribution in [-0.4, -0.2) is 24.3 Å². The first-order chi connectivity index (χ1) is 7.59. The summed E-state index contributed by atoms with van der Waals surface area (Å²) in [4.78, 5) is 10.9. The molecule has 0 saturated carbocycles. The molecule has 0 aliphatic carbocycles. The number of carboxylic acids is 1. The van der Waals surface area contributed by atoms with E-state index in [1.54, 1.807) is 6.07 Å². The number of nitrogens with two attached hydrogens (primary N) is 1. The summed E-state index contributed by atoms with van der Waals surface area (Å²) in [5.74, 6) is -0.0633. The molecule has 86 valence electrons. The number of hydrogen-bond acceptors (Lipinski definition) is 4. The van der Waals surface area contributed by atoms with Gasteiger partial charge in [-0.25, -0.2) is 0 Å². The SMILES string of the molecule is Cc1cc2c(c(C(N)C(=O)O)c1)OCCO2. The lowest BCUT2D eigenvalue weighted by molar-refractivity contribution is -0.138. The molecule has 0 radical (unpaired) electrons. The first kappa shape index (κ1) is 10.8. The minimum atomic E-state index is -1.09. The van der Waals surface area contributed by atoms with Gasteiger partial charge in [0.25, 0.3) is 0 Å². The lowest BCUT2D eigenvalue weighted by Gasteiger charge is -2.23. The third-order valence-corrected chi connectivity index (χ3v) is 2.42. The molecular formula is C11H13NO4. The average molecular weight is 223 g/mol. The monoisotopic (exact) mass is 223 g/mol. The summed E-state index contributed by atoms with van der Waals surface area (Å²) in [6.07, 6.45) is 0. The molecule has 0 bridgehead atoms. The van der Waals surface area contributed by atoms with Gasteiger partial charge in [0.05, 0.1) is 0 Å². The highest BCUT2D eigenvalue weighted by Crippen LogP contribution is 2.37. The van der Waals surface area contributed by atoms with Crippen molar-refractivity contribution in [3.63, 3.8) is 0 Å². The summed E-state index contributed by atoms with van der Waals surface area (Å²) in [7, 11) is 0. The Kier molecular flexibility index (Phi) is 2.70. The van der Waals surface area contributed by atoms with E-state index in [1.165, 1.54) is 0 Å². The van der Waals surface area contributed by atoms with Gasteiger partial charge in [0.2, 0.25) is 0 Å². The van der Waals surface area contributed by atoms with Crippen molar-refractivity contribution in [3.05, 3.63) is 23.3 Å². The second-order valence-corrected chi connectivity index (χ2v) is 3.69. The Hall–Kier alpha value is -1.75. The van der Waals surface area contributed by atoms with Gasteiger partial charge in [0.15, 0.2) is 11.5 Å². The van der Waals surface area contributed by atoms with Gasteiger partial charge >= 0.3 is 5.97 Å². The molecule has 1 aliphatic rings. The van der Waals surface area contributed by atoms with Gasteiger partial charge in [-0.15, -0.1) is 0 Å². The van der Waals surface area contributed by atoms with E-state index in [2.05, 4.69) is 0 Å². The van der Waals surface area contributed by atoms with E-state index in [-0.39, 0.29) is 0 Å². The molecule has 0 saturated heterocycles. The molecule has 1 unspecified atom stereocenters. The maximum atomic E-state index is 10.9. The lowest BCUT2D eigenvalue weighted by atomic mass is 10.0. The zero-order chi connectivity index (χ0) is 11.7. The van der Waals surface area contributed by atoms with Crippen LogP contribution in [-0.2, 0) is 4.79 Å². The molecule has 1 aromatic rings. The van der Waals surface area contributed by atoms with E-state index in [4.69, 9.17) is 20.3 Å². The van der Waals surface area contributed by atoms with Crippen LogP contribution in [0.4, 0.5) is 0 Å². The first-order valence-corrected chi connectivity index (χ1v) is 4.98. The molecule has 5 heteroatoms. The van der Waals surface area contributed by atoms with Gasteiger partial charge < -0.3 is 20.3 Å². The zero-order valence-corrected chi connectivity index (χ0v) is 8.90. The average Bonchev–Trinajstić information content (AvgIpc) is 2.26. The number of carboxylic acid groups (broad SMARTS) is 1. The lowest BCUT2D eigenvalue weighted by Crippen LogP contribution is -2.24. The highest BCUT2D eigenvalue weighted by Gasteiger charge is 2.24. The number of aliphatic carboxylic acids is 1. The van der Waals surface area contributed by atoms with Gasteiger partial charge in [0, 0.05) is 5.56 Å². The molecule has 1 aliphatic heterocycles. The molecular weight excluding hydrogens is 210 g/mol. The standard InChI is InChI=1S/C11H13NO4/c1-6-4-7(9(12)11(13)14)10-8(5-6)15-2-3-16-10/h4-5,9H,2-3,12H2,1H3,(H,13,14). The highest BCUT2D eigenvalue weighted by molar-refractivity contribution is 5.77. The van der Waals surface area contributed by atoms with Gasteiger partial charge in [0.1, 0.15) is 19.3 Å².